The van der Waals surface area contributed by atoms with Gasteiger partial charge >= 0.3 is 0 Å². The zero-order valence-corrected chi connectivity index (χ0v) is 13.0. The maximum Gasteiger partial charge on any atom is 0.224 e. The lowest BCUT2D eigenvalue weighted by atomic mass is 10.1. The van der Waals surface area contributed by atoms with Gasteiger partial charge in [0.1, 0.15) is 5.82 Å². The molecule has 0 unspecified atom stereocenters. The van der Waals surface area contributed by atoms with Crippen molar-refractivity contribution in [2.45, 2.75) is 6.92 Å². The zero-order chi connectivity index (χ0) is 14.1. The van der Waals surface area contributed by atoms with Crippen molar-refractivity contribution in [1.29, 1.82) is 0 Å². The molecule has 1 heterocycles. The number of halogens is 2. The van der Waals surface area contributed by atoms with Crippen molar-refractivity contribution in [1.82, 2.24) is 9.97 Å². The van der Waals surface area contributed by atoms with Crippen molar-refractivity contribution in [3.63, 3.8) is 0 Å². The van der Waals surface area contributed by atoms with E-state index in [0.717, 1.165) is 26.6 Å². The minimum absolute atomic E-state index is 0.244. The quantitative estimate of drug-likeness (QED) is 0.655. The smallest absolute Gasteiger partial charge is 0.224 e. The molecule has 100 valence electrons. The minimum atomic E-state index is 0.244. The number of aromatic nitrogens is 2. The second-order valence-corrected chi connectivity index (χ2v) is 5.62. The van der Waals surface area contributed by atoms with Crippen LogP contribution < -0.4 is 5.32 Å². The van der Waals surface area contributed by atoms with Gasteiger partial charge in [0.25, 0.3) is 0 Å². The number of hydrogen-bond donors (Lipinski definition) is 1. The molecule has 0 amide bonds. The number of hydrogen-bond acceptors (Lipinski definition) is 3. The number of benzene rings is 2. The van der Waals surface area contributed by atoms with Crippen LogP contribution in [0.2, 0.25) is 5.28 Å². The van der Waals surface area contributed by atoms with Gasteiger partial charge in [0.2, 0.25) is 5.28 Å². The molecule has 2 aromatic carbocycles. The molecule has 0 radical (unpaired) electrons. The first-order chi connectivity index (χ1) is 9.63. The Balaban J connectivity index is 2.09. The monoisotopic (exact) mass is 347 g/mol. The van der Waals surface area contributed by atoms with Crippen LogP contribution in [-0.2, 0) is 0 Å². The van der Waals surface area contributed by atoms with E-state index in [4.69, 9.17) is 11.6 Å². The Morgan fingerprint density at radius 3 is 2.55 bits per heavy atom. The van der Waals surface area contributed by atoms with Crippen LogP contribution in [0.4, 0.5) is 11.5 Å². The average Bonchev–Trinajstić information content (AvgIpc) is 2.41. The van der Waals surface area contributed by atoms with Crippen LogP contribution in [0.5, 0.6) is 0 Å². The number of fused-ring (bicyclic) bond motifs is 1. The maximum atomic E-state index is 5.89. The Morgan fingerprint density at radius 1 is 1.05 bits per heavy atom. The highest BCUT2D eigenvalue weighted by molar-refractivity contribution is 9.10. The first-order valence-electron chi connectivity index (χ1n) is 6.09. The molecule has 0 saturated heterocycles. The molecule has 20 heavy (non-hydrogen) atoms. The summed E-state index contributed by atoms with van der Waals surface area (Å²) in [6, 6.07) is 14.1. The minimum Gasteiger partial charge on any atom is -0.340 e. The lowest BCUT2D eigenvalue weighted by Gasteiger charge is -2.11. The van der Waals surface area contributed by atoms with Gasteiger partial charge in [-0.2, -0.15) is 0 Å². The lowest BCUT2D eigenvalue weighted by molar-refractivity contribution is 1.10. The maximum absolute atomic E-state index is 5.89. The summed E-state index contributed by atoms with van der Waals surface area (Å²) in [4.78, 5) is 8.25. The summed E-state index contributed by atoms with van der Waals surface area (Å²) in [6.45, 7) is 1.89. The number of aryl methyl sites for hydroxylation is 1. The second-order valence-electron chi connectivity index (χ2n) is 4.43. The summed E-state index contributed by atoms with van der Waals surface area (Å²) in [7, 11) is 0. The van der Waals surface area contributed by atoms with Gasteiger partial charge in [0, 0.05) is 27.3 Å². The van der Waals surface area contributed by atoms with Crippen molar-refractivity contribution in [2.75, 3.05) is 5.32 Å². The fraction of sp³-hybridized carbons (Fsp3) is 0.0667. The number of nitrogens with one attached hydrogen (secondary N) is 1. The largest absolute Gasteiger partial charge is 0.340 e. The molecule has 0 aliphatic heterocycles. The molecular weight excluding hydrogens is 338 g/mol. The van der Waals surface area contributed by atoms with Gasteiger partial charge < -0.3 is 5.32 Å². The fourth-order valence-corrected chi connectivity index (χ4v) is 2.81. The first kappa shape index (κ1) is 13.3. The molecule has 0 bridgehead atoms. The van der Waals surface area contributed by atoms with Crippen LogP contribution in [0.3, 0.4) is 0 Å². The Morgan fingerprint density at radius 2 is 1.80 bits per heavy atom. The van der Waals surface area contributed by atoms with E-state index in [1.807, 2.05) is 37.3 Å². The third-order valence-electron chi connectivity index (χ3n) is 2.96. The van der Waals surface area contributed by atoms with Crippen LogP contribution in [0.25, 0.3) is 10.8 Å². The van der Waals surface area contributed by atoms with E-state index < -0.39 is 0 Å². The van der Waals surface area contributed by atoms with Crippen molar-refractivity contribution in [2.24, 2.45) is 0 Å². The highest BCUT2D eigenvalue weighted by atomic mass is 79.9. The molecule has 0 atom stereocenters. The van der Waals surface area contributed by atoms with Gasteiger partial charge in [0.05, 0.1) is 0 Å². The molecule has 0 aliphatic rings. The Labute approximate surface area is 130 Å². The van der Waals surface area contributed by atoms with Crippen molar-refractivity contribution < 1.29 is 0 Å². The van der Waals surface area contributed by atoms with E-state index in [1.54, 1.807) is 0 Å². The molecular formula is C15H11BrClN3. The fourth-order valence-electron chi connectivity index (χ4n) is 2.11. The highest BCUT2D eigenvalue weighted by Gasteiger charge is 2.06. The standard InChI is InChI=1S/C15H11BrClN3/c1-9-8-14(20-15(17)18-9)19-13-7-6-12(16)10-4-2-3-5-11(10)13/h2-8H,1H3,(H,18,19,20). The summed E-state index contributed by atoms with van der Waals surface area (Å²) in [5, 5.41) is 5.81. The van der Waals surface area contributed by atoms with E-state index in [2.05, 4.69) is 43.3 Å². The molecule has 0 aliphatic carbocycles. The normalized spacial score (nSPS) is 10.8. The van der Waals surface area contributed by atoms with Gasteiger partial charge in [-0.05, 0) is 36.0 Å². The lowest BCUT2D eigenvalue weighted by Crippen LogP contribution is -1.97. The Bertz CT molecular complexity index is 769. The molecule has 3 rings (SSSR count). The molecule has 1 N–H and O–H groups in total. The Hall–Kier alpha value is -1.65. The Kier molecular flexibility index (Phi) is 3.59. The summed E-state index contributed by atoms with van der Waals surface area (Å²) >= 11 is 9.46. The molecule has 3 aromatic rings. The second kappa shape index (κ2) is 5.38. The predicted octanol–water partition coefficient (Wildman–Crippen LogP) is 5.10. The van der Waals surface area contributed by atoms with E-state index in [-0.39, 0.29) is 5.28 Å². The van der Waals surface area contributed by atoms with Gasteiger partial charge in [0.15, 0.2) is 0 Å². The molecule has 0 saturated carbocycles. The third kappa shape index (κ3) is 2.62. The molecule has 3 nitrogen and oxygen atoms in total. The molecule has 5 heteroatoms. The SMILES string of the molecule is Cc1cc(Nc2ccc(Br)c3ccccc23)nc(Cl)n1. The van der Waals surface area contributed by atoms with Gasteiger partial charge in [-0.15, -0.1) is 0 Å². The number of nitrogens with zero attached hydrogens (tertiary/aromatic N) is 2. The van der Waals surface area contributed by atoms with Gasteiger partial charge in [-0.1, -0.05) is 40.2 Å². The van der Waals surface area contributed by atoms with Crippen molar-refractivity contribution in [3.8, 4) is 0 Å². The first-order valence-corrected chi connectivity index (χ1v) is 7.26. The molecule has 1 aromatic heterocycles. The topological polar surface area (TPSA) is 37.8 Å². The predicted molar refractivity (Wildman–Crippen MR) is 86.7 cm³/mol. The van der Waals surface area contributed by atoms with Crippen LogP contribution in [-0.4, -0.2) is 9.97 Å². The van der Waals surface area contributed by atoms with Crippen molar-refractivity contribution in [3.05, 3.63) is 57.9 Å². The third-order valence-corrected chi connectivity index (χ3v) is 3.82. The van der Waals surface area contributed by atoms with Crippen LogP contribution in [0.15, 0.2) is 46.9 Å². The van der Waals surface area contributed by atoms with Crippen LogP contribution in [0.1, 0.15) is 5.69 Å². The summed E-state index contributed by atoms with van der Waals surface area (Å²) in [6.07, 6.45) is 0. The van der Waals surface area contributed by atoms with Crippen LogP contribution >= 0.6 is 27.5 Å². The number of rotatable bonds is 2. The zero-order valence-electron chi connectivity index (χ0n) is 10.7. The number of anilines is 2. The molecule has 0 fully saturated rings. The van der Waals surface area contributed by atoms with Gasteiger partial charge in [-0.25, -0.2) is 9.97 Å². The van der Waals surface area contributed by atoms with Crippen molar-refractivity contribution >= 4 is 49.8 Å². The summed E-state index contributed by atoms with van der Waals surface area (Å²) < 4.78 is 1.07. The van der Waals surface area contributed by atoms with E-state index in [0.29, 0.717) is 5.82 Å². The summed E-state index contributed by atoms with van der Waals surface area (Å²) in [5.41, 5.74) is 1.81. The molecule has 0 spiro atoms. The van der Waals surface area contributed by atoms with E-state index in [1.165, 1.54) is 0 Å². The summed E-state index contributed by atoms with van der Waals surface area (Å²) in [5.74, 6) is 0.690. The average molecular weight is 349 g/mol. The van der Waals surface area contributed by atoms with Crippen LogP contribution in [0, 0.1) is 6.92 Å². The highest BCUT2D eigenvalue weighted by Crippen LogP contribution is 2.31. The van der Waals surface area contributed by atoms with E-state index in [9.17, 15) is 0 Å². The van der Waals surface area contributed by atoms with Gasteiger partial charge in [-0.3, -0.25) is 0 Å². The van der Waals surface area contributed by atoms with E-state index >= 15 is 0 Å².